The number of ether oxygens (including phenoxy) is 4. The summed E-state index contributed by atoms with van der Waals surface area (Å²) in [7, 11) is 3.15. The lowest BCUT2D eigenvalue weighted by Gasteiger charge is -2.15. The summed E-state index contributed by atoms with van der Waals surface area (Å²) >= 11 is 0. The molecular formula is C26H26N2O5. The largest absolute Gasteiger partial charge is 0.495 e. The number of carbonyl (C=O) groups excluding carboxylic acids is 1. The number of methoxy groups -OCH3 is 2. The number of hydrogen-bond acceptors (Lipinski definition) is 6. The molecule has 7 heteroatoms. The predicted octanol–water partition coefficient (Wildman–Crippen LogP) is 4.11. The molecule has 4 rings (SSSR count). The van der Waals surface area contributed by atoms with Crippen LogP contribution < -0.4 is 30.0 Å². The van der Waals surface area contributed by atoms with Gasteiger partial charge in [0.2, 0.25) is 18.4 Å². The van der Waals surface area contributed by atoms with Gasteiger partial charge in [-0.25, -0.2) is 0 Å². The molecule has 0 aromatic heterocycles. The molecule has 0 fully saturated rings. The van der Waals surface area contributed by atoms with Crippen LogP contribution in [0.3, 0.4) is 0 Å². The zero-order chi connectivity index (χ0) is 23.2. The highest BCUT2D eigenvalue weighted by Crippen LogP contribution is 2.42. The number of carbonyl (C=O) groups is 1. The Hall–Kier alpha value is -3.97. The molecule has 1 aliphatic rings. The third-order valence-electron chi connectivity index (χ3n) is 5.27. The van der Waals surface area contributed by atoms with Crippen molar-refractivity contribution in [1.82, 2.24) is 0 Å². The van der Waals surface area contributed by atoms with Gasteiger partial charge >= 0.3 is 0 Å². The van der Waals surface area contributed by atoms with E-state index in [9.17, 15) is 4.79 Å². The summed E-state index contributed by atoms with van der Waals surface area (Å²) in [4.78, 5) is 12.7. The summed E-state index contributed by atoms with van der Waals surface area (Å²) in [5.41, 5.74) is 9.45. The molecule has 33 heavy (non-hydrogen) atoms. The highest BCUT2D eigenvalue weighted by Gasteiger charge is 2.19. The summed E-state index contributed by atoms with van der Waals surface area (Å²) in [6.07, 6.45) is 4.30. The Labute approximate surface area is 192 Å². The average molecular weight is 447 g/mol. The highest BCUT2D eigenvalue weighted by atomic mass is 16.7. The molecule has 1 heterocycles. The molecule has 0 saturated carbocycles. The lowest BCUT2D eigenvalue weighted by atomic mass is 10.1. The SMILES string of the molecule is COc1ccc(/C=C\c2cc(OC)c3c(c2)OCO3)cc1NC(=O)C(N)Cc1ccccc1. The number of benzene rings is 3. The van der Waals surface area contributed by atoms with E-state index in [0.717, 1.165) is 16.7 Å². The number of nitrogens with two attached hydrogens (primary N) is 1. The van der Waals surface area contributed by atoms with E-state index in [2.05, 4.69) is 5.32 Å². The molecule has 3 aromatic carbocycles. The van der Waals surface area contributed by atoms with Gasteiger partial charge in [0.1, 0.15) is 5.75 Å². The second-order valence-corrected chi connectivity index (χ2v) is 7.54. The van der Waals surface area contributed by atoms with E-state index >= 15 is 0 Å². The Morgan fingerprint density at radius 1 is 1.00 bits per heavy atom. The van der Waals surface area contributed by atoms with Crippen LogP contribution >= 0.6 is 0 Å². The topological polar surface area (TPSA) is 92.0 Å². The van der Waals surface area contributed by atoms with Crippen LogP contribution in [-0.4, -0.2) is 33.0 Å². The van der Waals surface area contributed by atoms with E-state index in [-0.39, 0.29) is 12.7 Å². The maximum atomic E-state index is 12.7. The Balaban J connectivity index is 1.50. The predicted molar refractivity (Wildman–Crippen MR) is 128 cm³/mol. The lowest BCUT2D eigenvalue weighted by molar-refractivity contribution is -0.117. The second-order valence-electron chi connectivity index (χ2n) is 7.54. The summed E-state index contributed by atoms with van der Waals surface area (Å²) in [6.45, 7) is 0.173. The van der Waals surface area contributed by atoms with E-state index in [1.165, 1.54) is 0 Å². The van der Waals surface area contributed by atoms with Crippen molar-refractivity contribution < 1.29 is 23.7 Å². The molecule has 1 aliphatic heterocycles. The van der Waals surface area contributed by atoms with Crippen LogP contribution in [0.1, 0.15) is 16.7 Å². The van der Waals surface area contributed by atoms with Crippen molar-refractivity contribution in [3.63, 3.8) is 0 Å². The Kier molecular flexibility index (Phi) is 6.80. The van der Waals surface area contributed by atoms with Crippen molar-refractivity contribution in [3.05, 3.63) is 77.4 Å². The number of fused-ring (bicyclic) bond motifs is 1. The summed E-state index contributed by atoms with van der Waals surface area (Å²) in [5.74, 6) is 2.13. The third kappa shape index (κ3) is 5.27. The zero-order valence-corrected chi connectivity index (χ0v) is 18.5. The molecule has 1 atom stereocenters. The average Bonchev–Trinajstić information content (AvgIpc) is 3.31. The van der Waals surface area contributed by atoms with Crippen LogP contribution in [0, 0.1) is 0 Å². The van der Waals surface area contributed by atoms with Gasteiger partial charge < -0.3 is 30.0 Å². The summed E-state index contributed by atoms with van der Waals surface area (Å²) < 4.78 is 21.7. The number of rotatable bonds is 8. The van der Waals surface area contributed by atoms with Gasteiger partial charge in [0.05, 0.1) is 25.9 Å². The second kappa shape index (κ2) is 10.1. The van der Waals surface area contributed by atoms with Gasteiger partial charge in [-0.3, -0.25) is 4.79 Å². The fourth-order valence-electron chi connectivity index (χ4n) is 3.55. The van der Waals surface area contributed by atoms with Crippen LogP contribution in [0.5, 0.6) is 23.0 Å². The minimum absolute atomic E-state index is 0.173. The molecule has 0 spiro atoms. The van der Waals surface area contributed by atoms with Crippen molar-refractivity contribution >= 4 is 23.7 Å². The first-order valence-electron chi connectivity index (χ1n) is 10.5. The van der Waals surface area contributed by atoms with Crippen molar-refractivity contribution in [2.75, 3.05) is 26.3 Å². The first-order chi connectivity index (χ1) is 16.1. The van der Waals surface area contributed by atoms with E-state index in [4.69, 9.17) is 24.7 Å². The van der Waals surface area contributed by atoms with Crippen molar-refractivity contribution in [2.45, 2.75) is 12.5 Å². The summed E-state index contributed by atoms with van der Waals surface area (Å²) in [6, 6.07) is 18.3. The normalized spacial score (nSPS) is 13.1. The van der Waals surface area contributed by atoms with Crippen LogP contribution in [-0.2, 0) is 11.2 Å². The van der Waals surface area contributed by atoms with Crippen molar-refractivity contribution in [1.29, 1.82) is 0 Å². The van der Waals surface area contributed by atoms with E-state index in [0.29, 0.717) is 35.1 Å². The van der Waals surface area contributed by atoms with Crippen molar-refractivity contribution in [2.24, 2.45) is 5.73 Å². The Bertz CT molecular complexity index is 1160. The van der Waals surface area contributed by atoms with Gasteiger partial charge in [0.25, 0.3) is 0 Å². The lowest BCUT2D eigenvalue weighted by Crippen LogP contribution is -2.37. The monoisotopic (exact) mass is 446 g/mol. The molecular weight excluding hydrogens is 420 g/mol. The van der Waals surface area contributed by atoms with Crippen LogP contribution in [0.25, 0.3) is 12.2 Å². The number of anilines is 1. The van der Waals surface area contributed by atoms with Gasteiger partial charge in [-0.15, -0.1) is 0 Å². The molecule has 3 N–H and O–H groups in total. The van der Waals surface area contributed by atoms with Gasteiger partial charge in [-0.2, -0.15) is 0 Å². The minimum Gasteiger partial charge on any atom is -0.495 e. The summed E-state index contributed by atoms with van der Waals surface area (Å²) in [5, 5.41) is 2.89. The molecule has 1 unspecified atom stereocenters. The molecule has 0 bridgehead atoms. The molecule has 7 nitrogen and oxygen atoms in total. The molecule has 0 aliphatic carbocycles. The molecule has 3 aromatic rings. The number of amides is 1. The molecule has 170 valence electrons. The minimum atomic E-state index is -0.683. The number of nitrogens with one attached hydrogen (secondary N) is 1. The standard InChI is InChI=1S/C26H26N2O5/c1-30-22-11-10-18(8-9-19-14-23(31-2)25-24(15-19)32-16-33-25)13-21(22)28-26(29)20(27)12-17-6-4-3-5-7-17/h3-11,13-15,20H,12,16,27H2,1-2H3,(H,28,29)/b9-8-. The quantitative estimate of drug-likeness (QED) is 0.506. The molecule has 0 saturated heterocycles. The first kappa shape index (κ1) is 22.2. The van der Waals surface area contributed by atoms with E-state index in [1.807, 2.05) is 66.7 Å². The smallest absolute Gasteiger partial charge is 0.241 e. The molecule has 0 radical (unpaired) electrons. The van der Waals surface area contributed by atoms with Crippen LogP contribution in [0.2, 0.25) is 0 Å². The zero-order valence-electron chi connectivity index (χ0n) is 18.5. The molecule has 1 amide bonds. The number of hydrogen-bond donors (Lipinski definition) is 2. The van der Waals surface area contributed by atoms with Gasteiger partial charge in [0.15, 0.2) is 11.5 Å². The van der Waals surface area contributed by atoms with E-state index in [1.54, 1.807) is 20.3 Å². The van der Waals surface area contributed by atoms with Gasteiger partial charge in [-0.05, 0) is 47.4 Å². The third-order valence-corrected chi connectivity index (χ3v) is 5.27. The fourth-order valence-corrected chi connectivity index (χ4v) is 3.55. The van der Waals surface area contributed by atoms with Crippen LogP contribution in [0.4, 0.5) is 5.69 Å². The maximum absolute atomic E-state index is 12.7. The maximum Gasteiger partial charge on any atom is 0.241 e. The fraction of sp³-hybridized carbons (Fsp3) is 0.192. The Morgan fingerprint density at radius 2 is 1.76 bits per heavy atom. The Morgan fingerprint density at radius 3 is 2.52 bits per heavy atom. The highest BCUT2D eigenvalue weighted by molar-refractivity contribution is 5.96. The first-order valence-corrected chi connectivity index (χ1v) is 10.5. The van der Waals surface area contributed by atoms with E-state index < -0.39 is 6.04 Å². The van der Waals surface area contributed by atoms with Gasteiger partial charge in [-0.1, -0.05) is 48.6 Å². The van der Waals surface area contributed by atoms with Crippen LogP contribution in [0.15, 0.2) is 60.7 Å². The van der Waals surface area contributed by atoms with Gasteiger partial charge in [0, 0.05) is 0 Å². The van der Waals surface area contributed by atoms with Crippen molar-refractivity contribution in [3.8, 4) is 23.0 Å².